The number of halogens is 1. The zero-order valence-corrected chi connectivity index (χ0v) is 15.7. The maximum atomic E-state index is 14.0. The van der Waals surface area contributed by atoms with Crippen molar-refractivity contribution >= 4 is 11.6 Å². The van der Waals surface area contributed by atoms with Crippen LogP contribution in [0, 0.1) is 18.7 Å². The van der Waals surface area contributed by atoms with E-state index in [-0.39, 0.29) is 29.7 Å². The molecule has 0 spiro atoms. The van der Waals surface area contributed by atoms with Crippen LogP contribution in [0.5, 0.6) is 5.88 Å². The molecule has 0 aliphatic rings. The summed E-state index contributed by atoms with van der Waals surface area (Å²) in [6, 6.07) is 6.39. The summed E-state index contributed by atoms with van der Waals surface area (Å²) in [5, 5.41) is 17.6. The molecule has 1 amide bonds. The summed E-state index contributed by atoms with van der Waals surface area (Å²) in [6.07, 6.45) is 2.44. The molecule has 3 aromatic rings. The van der Waals surface area contributed by atoms with Crippen LogP contribution in [0.25, 0.3) is 5.65 Å². The van der Waals surface area contributed by atoms with Gasteiger partial charge in [-0.2, -0.15) is 9.61 Å². The molecular weight excluding hydrogens is 347 g/mol. The number of carbonyl (C=O) groups is 1. The lowest BCUT2D eigenvalue weighted by Gasteiger charge is -2.11. The lowest BCUT2D eigenvalue weighted by Crippen LogP contribution is -2.25. The van der Waals surface area contributed by atoms with Gasteiger partial charge in [-0.25, -0.2) is 9.37 Å². The van der Waals surface area contributed by atoms with Crippen molar-refractivity contribution < 1.29 is 14.3 Å². The Morgan fingerprint density at radius 1 is 1.33 bits per heavy atom. The number of aromatic hydroxyl groups is 1. The van der Waals surface area contributed by atoms with Crippen molar-refractivity contribution in [1.82, 2.24) is 19.9 Å². The number of hydrogen-bond donors (Lipinski definition) is 2. The third-order valence-corrected chi connectivity index (χ3v) is 4.50. The Morgan fingerprint density at radius 2 is 2.07 bits per heavy atom. The van der Waals surface area contributed by atoms with Crippen molar-refractivity contribution in [3.05, 3.63) is 58.7 Å². The Labute approximate surface area is 157 Å². The van der Waals surface area contributed by atoms with Gasteiger partial charge in [-0.3, -0.25) is 4.79 Å². The number of benzene rings is 1. The highest BCUT2D eigenvalue weighted by molar-refractivity contribution is 5.99. The summed E-state index contributed by atoms with van der Waals surface area (Å²) in [6.45, 7) is 6.45. The minimum atomic E-state index is -0.345. The molecule has 0 bridgehead atoms. The molecule has 0 fully saturated rings. The SMILES string of the molecule is Cc1nc2c(C(=O)NCCC(C)C)cnn2c(O)c1Cc1ccccc1F. The number of aryl methyl sites for hydroxylation is 1. The van der Waals surface area contributed by atoms with E-state index in [0.29, 0.717) is 34.8 Å². The van der Waals surface area contributed by atoms with Crippen LogP contribution < -0.4 is 5.32 Å². The molecule has 27 heavy (non-hydrogen) atoms. The normalized spacial score (nSPS) is 11.3. The fourth-order valence-corrected chi connectivity index (χ4v) is 2.89. The third-order valence-electron chi connectivity index (χ3n) is 4.50. The molecule has 0 saturated heterocycles. The molecule has 0 aliphatic heterocycles. The topological polar surface area (TPSA) is 79.5 Å². The number of rotatable bonds is 6. The second-order valence-electron chi connectivity index (χ2n) is 7.00. The fraction of sp³-hybridized carbons (Fsp3) is 0.350. The summed E-state index contributed by atoms with van der Waals surface area (Å²) in [5.41, 5.74) is 2.04. The first-order valence-corrected chi connectivity index (χ1v) is 8.96. The van der Waals surface area contributed by atoms with Gasteiger partial charge in [0.2, 0.25) is 5.88 Å². The highest BCUT2D eigenvalue weighted by atomic mass is 19.1. The van der Waals surface area contributed by atoms with E-state index in [1.807, 2.05) is 0 Å². The predicted octanol–water partition coefficient (Wildman–Crippen LogP) is 3.25. The zero-order valence-electron chi connectivity index (χ0n) is 15.7. The van der Waals surface area contributed by atoms with Crippen molar-refractivity contribution in [3.8, 4) is 5.88 Å². The van der Waals surface area contributed by atoms with Crippen LogP contribution in [0.2, 0.25) is 0 Å². The molecule has 2 N–H and O–H groups in total. The van der Waals surface area contributed by atoms with Crippen molar-refractivity contribution in [2.24, 2.45) is 5.92 Å². The number of hydrogen-bond acceptors (Lipinski definition) is 4. The molecule has 1 aromatic carbocycles. The molecule has 0 unspecified atom stereocenters. The molecule has 2 aromatic heterocycles. The number of fused-ring (bicyclic) bond motifs is 1. The van der Waals surface area contributed by atoms with Crippen LogP contribution >= 0.6 is 0 Å². The molecule has 0 radical (unpaired) electrons. The number of aromatic nitrogens is 3. The molecule has 142 valence electrons. The summed E-state index contributed by atoms with van der Waals surface area (Å²) >= 11 is 0. The molecular formula is C20H23FN4O2. The second kappa shape index (κ2) is 7.73. The lowest BCUT2D eigenvalue weighted by atomic mass is 10.0. The second-order valence-corrected chi connectivity index (χ2v) is 7.00. The molecule has 0 atom stereocenters. The van der Waals surface area contributed by atoms with Gasteiger partial charge in [0.25, 0.3) is 5.91 Å². The Kier molecular flexibility index (Phi) is 5.39. The van der Waals surface area contributed by atoms with Gasteiger partial charge in [0, 0.05) is 24.2 Å². The minimum Gasteiger partial charge on any atom is -0.493 e. The largest absolute Gasteiger partial charge is 0.493 e. The van der Waals surface area contributed by atoms with Gasteiger partial charge in [-0.1, -0.05) is 32.0 Å². The Morgan fingerprint density at radius 3 is 2.78 bits per heavy atom. The average molecular weight is 370 g/mol. The van der Waals surface area contributed by atoms with Crippen molar-refractivity contribution in [1.29, 1.82) is 0 Å². The number of nitrogens with one attached hydrogen (secondary N) is 1. The van der Waals surface area contributed by atoms with Crippen LogP contribution in [0.1, 0.15) is 47.4 Å². The first-order valence-electron chi connectivity index (χ1n) is 8.96. The van der Waals surface area contributed by atoms with Gasteiger partial charge in [-0.05, 0) is 30.9 Å². The average Bonchev–Trinajstić information content (AvgIpc) is 3.03. The highest BCUT2D eigenvalue weighted by Gasteiger charge is 2.20. The molecule has 3 rings (SSSR count). The van der Waals surface area contributed by atoms with Crippen LogP contribution in [0.3, 0.4) is 0 Å². The standard InChI is InChI=1S/C20H23FN4O2/c1-12(2)8-9-22-19(26)16-11-23-25-18(16)24-13(3)15(20(25)27)10-14-6-4-5-7-17(14)21/h4-7,11-12,27H,8-10H2,1-3H3,(H,22,26). The Hall–Kier alpha value is -2.96. The number of carbonyl (C=O) groups excluding carboxylic acids is 1. The summed E-state index contributed by atoms with van der Waals surface area (Å²) in [7, 11) is 0. The predicted molar refractivity (Wildman–Crippen MR) is 100 cm³/mol. The Bertz CT molecular complexity index is 982. The fourth-order valence-electron chi connectivity index (χ4n) is 2.89. The smallest absolute Gasteiger partial charge is 0.256 e. The van der Waals surface area contributed by atoms with E-state index in [1.54, 1.807) is 25.1 Å². The van der Waals surface area contributed by atoms with Gasteiger partial charge in [-0.15, -0.1) is 0 Å². The highest BCUT2D eigenvalue weighted by Crippen LogP contribution is 2.26. The summed E-state index contributed by atoms with van der Waals surface area (Å²) in [5.74, 6) is -0.276. The van der Waals surface area contributed by atoms with Crippen LogP contribution in [0.4, 0.5) is 4.39 Å². The maximum Gasteiger partial charge on any atom is 0.256 e. The van der Waals surface area contributed by atoms with Crippen molar-refractivity contribution in [3.63, 3.8) is 0 Å². The number of nitrogens with zero attached hydrogens (tertiary/aromatic N) is 3. The quantitative estimate of drug-likeness (QED) is 0.698. The van der Waals surface area contributed by atoms with E-state index in [4.69, 9.17) is 0 Å². The first-order chi connectivity index (χ1) is 12.9. The maximum absolute atomic E-state index is 14.0. The number of amides is 1. The van der Waals surface area contributed by atoms with E-state index >= 15 is 0 Å². The van der Waals surface area contributed by atoms with E-state index in [9.17, 15) is 14.3 Å². The monoisotopic (exact) mass is 370 g/mol. The van der Waals surface area contributed by atoms with Crippen LogP contribution in [0.15, 0.2) is 30.5 Å². The summed E-state index contributed by atoms with van der Waals surface area (Å²) < 4.78 is 15.2. The van der Waals surface area contributed by atoms with Gasteiger partial charge in [0.05, 0.1) is 6.20 Å². The van der Waals surface area contributed by atoms with E-state index < -0.39 is 0 Å². The molecule has 0 aliphatic carbocycles. The Balaban J connectivity index is 1.92. The van der Waals surface area contributed by atoms with Gasteiger partial charge in [0.15, 0.2) is 5.65 Å². The van der Waals surface area contributed by atoms with E-state index in [1.165, 1.54) is 16.8 Å². The zero-order chi connectivity index (χ0) is 19.6. The first kappa shape index (κ1) is 18.8. The molecule has 2 heterocycles. The summed E-state index contributed by atoms with van der Waals surface area (Å²) in [4.78, 5) is 16.9. The van der Waals surface area contributed by atoms with E-state index in [2.05, 4.69) is 29.2 Å². The van der Waals surface area contributed by atoms with Gasteiger partial charge in [0.1, 0.15) is 11.4 Å². The minimum absolute atomic E-state index is 0.137. The van der Waals surface area contributed by atoms with Crippen molar-refractivity contribution in [2.45, 2.75) is 33.6 Å². The van der Waals surface area contributed by atoms with Crippen molar-refractivity contribution in [2.75, 3.05) is 6.54 Å². The third kappa shape index (κ3) is 3.92. The molecule has 6 nitrogen and oxygen atoms in total. The van der Waals surface area contributed by atoms with E-state index in [0.717, 1.165) is 6.42 Å². The lowest BCUT2D eigenvalue weighted by molar-refractivity contribution is 0.0953. The van der Waals surface area contributed by atoms with Crippen LogP contribution in [-0.4, -0.2) is 32.2 Å². The molecule has 0 saturated carbocycles. The van der Waals surface area contributed by atoms with Gasteiger partial charge < -0.3 is 10.4 Å². The van der Waals surface area contributed by atoms with Crippen LogP contribution in [-0.2, 0) is 6.42 Å². The van der Waals surface area contributed by atoms with Gasteiger partial charge >= 0.3 is 0 Å². The molecule has 7 heteroatoms.